The van der Waals surface area contributed by atoms with E-state index >= 15 is 0 Å². The van der Waals surface area contributed by atoms with E-state index < -0.39 is 0 Å². The first-order valence-electron chi connectivity index (χ1n) is 5.82. The maximum atomic E-state index is 12.0. The zero-order chi connectivity index (χ0) is 9.54. The Kier molecular flexibility index (Phi) is 2.10. The van der Waals surface area contributed by atoms with Crippen molar-refractivity contribution in [1.82, 2.24) is 9.80 Å². The molecule has 0 spiro atoms. The van der Waals surface area contributed by atoms with Gasteiger partial charge in [0.2, 0.25) is 0 Å². The summed E-state index contributed by atoms with van der Waals surface area (Å²) in [7, 11) is 0. The lowest BCUT2D eigenvalue weighted by atomic mass is 10.00. The first-order valence-corrected chi connectivity index (χ1v) is 5.82. The van der Waals surface area contributed by atoms with Crippen molar-refractivity contribution in [3.05, 3.63) is 0 Å². The second kappa shape index (κ2) is 3.31. The van der Waals surface area contributed by atoms with Gasteiger partial charge >= 0.3 is 0 Å². The molecule has 0 aromatic carbocycles. The van der Waals surface area contributed by atoms with Crippen LogP contribution < -0.4 is 0 Å². The average molecular weight is 194 g/mol. The van der Waals surface area contributed by atoms with Crippen LogP contribution in [0.25, 0.3) is 0 Å². The Labute approximate surface area is 85.1 Å². The van der Waals surface area contributed by atoms with E-state index in [1.54, 1.807) is 0 Å². The minimum Gasteiger partial charge on any atom is -0.299 e. The van der Waals surface area contributed by atoms with Gasteiger partial charge in [0, 0.05) is 39.1 Å². The molecule has 3 saturated heterocycles. The lowest BCUT2D eigenvalue weighted by Crippen LogP contribution is -2.63. The largest absolute Gasteiger partial charge is 0.299 e. The van der Waals surface area contributed by atoms with Crippen molar-refractivity contribution in [3.63, 3.8) is 0 Å². The van der Waals surface area contributed by atoms with Gasteiger partial charge in [-0.15, -0.1) is 0 Å². The highest BCUT2D eigenvalue weighted by Crippen LogP contribution is 2.33. The first kappa shape index (κ1) is 8.86. The summed E-state index contributed by atoms with van der Waals surface area (Å²) in [5, 5.41) is 0. The molecule has 3 heterocycles. The predicted molar refractivity (Wildman–Crippen MR) is 54.1 cm³/mol. The smallest absolute Gasteiger partial charge is 0.151 e. The Bertz CT molecular complexity index is 242. The van der Waals surface area contributed by atoms with Crippen molar-refractivity contribution in [2.45, 2.75) is 25.3 Å². The molecule has 4 aliphatic rings. The van der Waals surface area contributed by atoms with Crippen molar-refractivity contribution >= 4 is 5.78 Å². The highest BCUT2D eigenvalue weighted by Gasteiger charge is 2.37. The van der Waals surface area contributed by atoms with E-state index in [1.807, 2.05) is 0 Å². The second-order valence-electron chi connectivity index (χ2n) is 4.97. The fraction of sp³-hybridized carbons (Fsp3) is 0.909. The minimum absolute atomic E-state index is 0.248. The molecule has 1 atom stereocenters. The van der Waals surface area contributed by atoms with Crippen molar-refractivity contribution < 1.29 is 4.79 Å². The summed E-state index contributed by atoms with van der Waals surface area (Å²) < 4.78 is 0. The minimum atomic E-state index is 0.248. The monoisotopic (exact) mass is 194 g/mol. The number of nitrogens with zero attached hydrogens (tertiary/aromatic N) is 2. The molecule has 0 aromatic heterocycles. The Morgan fingerprint density at radius 1 is 1.14 bits per heavy atom. The number of Topliss-reactive ketones (excluding diaryl/α,β-unsaturated/α-hetero) is 1. The third kappa shape index (κ3) is 1.59. The van der Waals surface area contributed by atoms with Crippen LogP contribution in [0.15, 0.2) is 0 Å². The Balaban J connectivity index is 1.63. The number of rotatable bonds is 3. The molecule has 4 fully saturated rings. The molecule has 3 heteroatoms. The highest BCUT2D eigenvalue weighted by molar-refractivity contribution is 5.85. The molecule has 3 nitrogen and oxygen atoms in total. The predicted octanol–water partition coefficient (Wildman–Crippen LogP) is 0.355. The zero-order valence-corrected chi connectivity index (χ0v) is 8.61. The molecule has 4 rings (SSSR count). The van der Waals surface area contributed by atoms with Gasteiger partial charge in [0.25, 0.3) is 0 Å². The molecule has 1 saturated carbocycles. The van der Waals surface area contributed by atoms with E-state index in [0.29, 0.717) is 5.78 Å². The number of ketones is 1. The van der Waals surface area contributed by atoms with Gasteiger partial charge in [-0.05, 0) is 18.8 Å². The molecule has 3 aliphatic heterocycles. The van der Waals surface area contributed by atoms with Gasteiger partial charge in [0.1, 0.15) is 0 Å². The van der Waals surface area contributed by atoms with Crippen LogP contribution in [0.5, 0.6) is 0 Å². The molecule has 0 aromatic rings. The fourth-order valence-electron chi connectivity index (χ4n) is 2.67. The number of carbonyl (C=O) groups is 1. The average Bonchev–Trinajstić information content (AvgIpc) is 3.03. The molecule has 2 bridgehead atoms. The van der Waals surface area contributed by atoms with Crippen molar-refractivity contribution in [2.75, 3.05) is 32.7 Å². The SMILES string of the molecule is O=C(CC1CC1)C1CN2CCN1CC2. The van der Waals surface area contributed by atoms with Crippen LogP contribution in [-0.4, -0.2) is 54.3 Å². The number of hydrogen-bond acceptors (Lipinski definition) is 3. The van der Waals surface area contributed by atoms with Crippen LogP contribution in [0, 0.1) is 5.92 Å². The normalized spacial score (nSPS) is 41.3. The summed E-state index contributed by atoms with van der Waals surface area (Å²) in [5.74, 6) is 1.26. The lowest BCUT2D eigenvalue weighted by Gasteiger charge is -2.46. The molecule has 1 aliphatic carbocycles. The van der Waals surface area contributed by atoms with Crippen LogP contribution in [-0.2, 0) is 4.79 Å². The summed E-state index contributed by atoms with van der Waals surface area (Å²) in [4.78, 5) is 16.8. The number of piperazine rings is 3. The van der Waals surface area contributed by atoms with Crippen LogP contribution in [0.2, 0.25) is 0 Å². The summed E-state index contributed by atoms with van der Waals surface area (Å²) in [6.45, 7) is 5.58. The molecule has 0 radical (unpaired) electrons. The second-order valence-corrected chi connectivity index (χ2v) is 4.97. The van der Waals surface area contributed by atoms with Gasteiger partial charge in [0.15, 0.2) is 5.78 Å². The molecule has 0 N–H and O–H groups in total. The van der Waals surface area contributed by atoms with Crippen LogP contribution in [0.4, 0.5) is 0 Å². The number of fused-ring (bicyclic) bond motifs is 3. The van der Waals surface area contributed by atoms with Gasteiger partial charge in [-0.1, -0.05) is 0 Å². The fourth-order valence-corrected chi connectivity index (χ4v) is 2.67. The van der Waals surface area contributed by atoms with E-state index in [9.17, 15) is 4.79 Å². The third-order valence-electron chi connectivity index (χ3n) is 3.84. The maximum absolute atomic E-state index is 12.0. The topological polar surface area (TPSA) is 23.6 Å². The Hall–Kier alpha value is -0.410. The Morgan fingerprint density at radius 3 is 2.36 bits per heavy atom. The van der Waals surface area contributed by atoms with Gasteiger partial charge in [0.05, 0.1) is 6.04 Å². The third-order valence-corrected chi connectivity index (χ3v) is 3.84. The van der Waals surface area contributed by atoms with Gasteiger partial charge < -0.3 is 0 Å². The van der Waals surface area contributed by atoms with Crippen molar-refractivity contribution in [2.24, 2.45) is 5.92 Å². The van der Waals surface area contributed by atoms with E-state index in [0.717, 1.165) is 32.0 Å². The molecule has 1 unspecified atom stereocenters. The maximum Gasteiger partial charge on any atom is 0.151 e. The van der Waals surface area contributed by atoms with Gasteiger partial charge in [-0.2, -0.15) is 0 Å². The quantitative estimate of drug-likeness (QED) is 0.648. The van der Waals surface area contributed by atoms with E-state index in [1.165, 1.54) is 25.9 Å². The number of carbonyl (C=O) groups excluding carboxylic acids is 1. The van der Waals surface area contributed by atoms with E-state index in [-0.39, 0.29) is 6.04 Å². The lowest BCUT2D eigenvalue weighted by molar-refractivity contribution is -0.129. The van der Waals surface area contributed by atoms with Crippen LogP contribution in [0.3, 0.4) is 0 Å². The summed E-state index contributed by atoms with van der Waals surface area (Å²) in [6.07, 6.45) is 3.44. The van der Waals surface area contributed by atoms with Gasteiger partial charge in [-0.25, -0.2) is 0 Å². The van der Waals surface area contributed by atoms with Crippen LogP contribution >= 0.6 is 0 Å². The van der Waals surface area contributed by atoms with Crippen molar-refractivity contribution in [1.29, 1.82) is 0 Å². The molecular weight excluding hydrogens is 176 g/mol. The van der Waals surface area contributed by atoms with Crippen LogP contribution in [0.1, 0.15) is 19.3 Å². The highest BCUT2D eigenvalue weighted by atomic mass is 16.1. The van der Waals surface area contributed by atoms with Crippen molar-refractivity contribution in [3.8, 4) is 0 Å². The molecule has 0 amide bonds. The number of hydrogen-bond donors (Lipinski definition) is 0. The zero-order valence-electron chi connectivity index (χ0n) is 8.61. The molecule has 78 valence electrons. The summed E-state index contributed by atoms with van der Waals surface area (Å²) in [6, 6.07) is 0.248. The molecule has 14 heavy (non-hydrogen) atoms. The summed E-state index contributed by atoms with van der Waals surface area (Å²) >= 11 is 0. The summed E-state index contributed by atoms with van der Waals surface area (Å²) in [5.41, 5.74) is 0. The van der Waals surface area contributed by atoms with E-state index in [4.69, 9.17) is 0 Å². The standard InChI is InChI=1S/C11H18N2O/c14-11(7-9-1-2-9)10-8-12-3-5-13(10)6-4-12/h9-10H,1-8H2. The van der Waals surface area contributed by atoms with Gasteiger partial charge in [-0.3, -0.25) is 14.6 Å². The Morgan fingerprint density at radius 2 is 1.86 bits per heavy atom. The molecular formula is C11H18N2O. The van der Waals surface area contributed by atoms with E-state index in [2.05, 4.69) is 9.80 Å². The first-order chi connectivity index (χ1) is 6.83.